The van der Waals surface area contributed by atoms with Crippen molar-refractivity contribution in [3.8, 4) is 0 Å². The quantitative estimate of drug-likeness (QED) is 0.495. The first-order chi connectivity index (χ1) is 13.2. The number of nitrogens with zero attached hydrogens (tertiary/aromatic N) is 3. The van der Waals surface area contributed by atoms with Gasteiger partial charge in [0.1, 0.15) is 0 Å². The van der Waals surface area contributed by atoms with Gasteiger partial charge in [0.15, 0.2) is 0 Å². The number of carbonyl (C=O) groups excluding carboxylic acids is 1. The molecule has 8 heteroatoms. The second kappa shape index (κ2) is 7.93. The highest BCUT2D eigenvalue weighted by atomic mass is 32.1. The third kappa shape index (κ3) is 4.28. The highest BCUT2D eigenvalue weighted by molar-refractivity contribution is 7.12. The van der Waals surface area contributed by atoms with Gasteiger partial charge in [0.2, 0.25) is 0 Å². The predicted octanol–water partition coefficient (Wildman–Crippen LogP) is 4.32. The minimum absolute atomic E-state index is 0.102. The lowest BCUT2D eigenvalue weighted by molar-refractivity contribution is -0.389. The highest BCUT2D eigenvalue weighted by Gasteiger charge is 2.18. The standard InChI is InChI=1S/C20H22N4O3S/c1-12-5-6-17(13(2)7-12)15(4)21-20(25)18-9-16(11-28-18)10-23-14(3)8-19(22-23)24(26)27/h5-9,11,15H,10H2,1-4H3,(H,21,25). The number of aryl methyl sites for hydroxylation is 3. The topological polar surface area (TPSA) is 90.1 Å². The van der Waals surface area contributed by atoms with Crippen molar-refractivity contribution in [2.24, 2.45) is 0 Å². The molecule has 1 N–H and O–H groups in total. The Hall–Kier alpha value is -3.00. The zero-order valence-corrected chi connectivity index (χ0v) is 17.0. The minimum atomic E-state index is -0.509. The monoisotopic (exact) mass is 398 g/mol. The summed E-state index contributed by atoms with van der Waals surface area (Å²) in [5.74, 6) is -0.306. The van der Waals surface area contributed by atoms with Crippen LogP contribution in [0.3, 0.4) is 0 Å². The second-order valence-electron chi connectivity index (χ2n) is 6.93. The molecule has 1 atom stereocenters. The summed E-state index contributed by atoms with van der Waals surface area (Å²) in [5, 5.41) is 19.8. The zero-order valence-electron chi connectivity index (χ0n) is 16.2. The van der Waals surface area contributed by atoms with Gasteiger partial charge in [-0.15, -0.1) is 11.3 Å². The molecule has 2 aromatic heterocycles. The molecule has 3 aromatic rings. The maximum Gasteiger partial charge on any atom is 0.390 e. The van der Waals surface area contributed by atoms with Gasteiger partial charge in [-0.2, -0.15) is 4.68 Å². The van der Waals surface area contributed by atoms with Crippen LogP contribution in [0.2, 0.25) is 0 Å². The molecule has 3 rings (SSSR count). The molecule has 0 bridgehead atoms. The summed E-state index contributed by atoms with van der Waals surface area (Å²) in [7, 11) is 0. The van der Waals surface area contributed by atoms with Crippen LogP contribution >= 0.6 is 11.3 Å². The lowest BCUT2D eigenvalue weighted by atomic mass is 10.0. The maximum atomic E-state index is 12.6. The number of hydrogen-bond donors (Lipinski definition) is 1. The zero-order chi connectivity index (χ0) is 20.4. The number of nitrogens with one attached hydrogen (secondary N) is 1. The Labute approximate surface area is 167 Å². The summed E-state index contributed by atoms with van der Waals surface area (Å²) in [6.07, 6.45) is 0. The Morgan fingerprint density at radius 1 is 1.29 bits per heavy atom. The van der Waals surface area contributed by atoms with E-state index < -0.39 is 4.92 Å². The number of amides is 1. The van der Waals surface area contributed by atoms with Gasteiger partial charge in [-0.3, -0.25) is 4.79 Å². The van der Waals surface area contributed by atoms with E-state index in [0.29, 0.717) is 17.1 Å². The third-order valence-corrected chi connectivity index (χ3v) is 5.58. The number of nitro groups is 1. The number of benzene rings is 1. The summed E-state index contributed by atoms with van der Waals surface area (Å²) in [6, 6.07) is 9.33. The van der Waals surface area contributed by atoms with E-state index in [4.69, 9.17) is 0 Å². The van der Waals surface area contributed by atoms with Gasteiger partial charge in [-0.05, 0) is 60.8 Å². The van der Waals surface area contributed by atoms with Gasteiger partial charge >= 0.3 is 5.82 Å². The van der Waals surface area contributed by atoms with Gasteiger partial charge < -0.3 is 15.4 Å². The molecule has 1 aromatic carbocycles. The molecule has 0 fully saturated rings. The molecule has 146 valence electrons. The first kappa shape index (κ1) is 19.8. The first-order valence-corrected chi connectivity index (χ1v) is 9.77. The Kier molecular flexibility index (Phi) is 5.60. The van der Waals surface area contributed by atoms with E-state index in [9.17, 15) is 14.9 Å². The summed E-state index contributed by atoms with van der Waals surface area (Å²) in [4.78, 5) is 23.6. The van der Waals surface area contributed by atoms with Gasteiger partial charge in [0.25, 0.3) is 5.91 Å². The van der Waals surface area contributed by atoms with E-state index >= 15 is 0 Å². The second-order valence-corrected chi connectivity index (χ2v) is 7.84. The van der Waals surface area contributed by atoms with Crippen LogP contribution in [0.15, 0.2) is 35.7 Å². The summed E-state index contributed by atoms with van der Waals surface area (Å²) < 4.78 is 1.57. The van der Waals surface area contributed by atoms with Crippen LogP contribution in [0.5, 0.6) is 0 Å². The Balaban J connectivity index is 1.69. The van der Waals surface area contributed by atoms with Crippen molar-refractivity contribution in [2.75, 3.05) is 0 Å². The summed E-state index contributed by atoms with van der Waals surface area (Å²) in [6.45, 7) is 8.21. The fourth-order valence-electron chi connectivity index (χ4n) is 3.15. The van der Waals surface area contributed by atoms with Crippen LogP contribution in [-0.2, 0) is 6.54 Å². The normalized spacial score (nSPS) is 12.0. The lowest BCUT2D eigenvalue weighted by Gasteiger charge is -2.16. The van der Waals surface area contributed by atoms with E-state index in [1.807, 2.05) is 44.4 Å². The molecule has 1 amide bonds. The van der Waals surface area contributed by atoms with Crippen molar-refractivity contribution in [1.29, 1.82) is 0 Å². The van der Waals surface area contributed by atoms with Crippen LogP contribution in [0.1, 0.15) is 50.6 Å². The fourth-order valence-corrected chi connectivity index (χ4v) is 3.96. The maximum absolute atomic E-state index is 12.6. The molecule has 0 aliphatic heterocycles. The summed E-state index contributed by atoms with van der Waals surface area (Å²) in [5.41, 5.74) is 5.02. The largest absolute Gasteiger partial charge is 0.390 e. The molecule has 28 heavy (non-hydrogen) atoms. The van der Waals surface area contributed by atoms with Crippen molar-refractivity contribution in [1.82, 2.24) is 15.1 Å². The van der Waals surface area contributed by atoms with E-state index in [-0.39, 0.29) is 17.8 Å². The van der Waals surface area contributed by atoms with Crippen molar-refractivity contribution >= 4 is 23.1 Å². The molecular formula is C20H22N4O3S. The average Bonchev–Trinajstić information content (AvgIpc) is 3.22. The van der Waals surface area contributed by atoms with Crippen molar-refractivity contribution in [3.05, 3.63) is 78.7 Å². The molecule has 0 spiro atoms. The molecule has 0 aliphatic rings. The molecule has 0 aliphatic carbocycles. The van der Waals surface area contributed by atoms with E-state index in [1.54, 1.807) is 11.6 Å². The van der Waals surface area contributed by atoms with Crippen molar-refractivity contribution < 1.29 is 9.72 Å². The Bertz CT molecular complexity index is 1040. The first-order valence-electron chi connectivity index (χ1n) is 8.89. The molecule has 0 saturated heterocycles. The average molecular weight is 398 g/mol. The van der Waals surface area contributed by atoms with Crippen LogP contribution < -0.4 is 5.32 Å². The van der Waals surface area contributed by atoms with Crippen molar-refractivity contribution in [3.63, 3.8) is 0 Å². The minimum Gasteiger partial charge on any atom is -0.358 e. The van der Waals surface area contributed by atoms with Gasteiger partial charge in [0, 0.05) is 0 Å². The van der Waals surface area contributed by atoms with Crippen LogP contribution in [0.4, 0.5) is 5.82 Å². The third-order valence-electron chi connectivity index (χ3n) is 4.60. The van der Waals surface area contributed by atoms with Crippen LogP contribution in [0, 0.1) is 30.9 Å². The number of hydrogen-bond acceptors (Lipinski definition) is 5. The van der Waals surface area contributed by atoms with E-state index in [2.05, 4.69) is 16.5 Å². The fraction of sp³-hybridized carbons (Fsp3) is 0.300. The molecule has 1 unspecified atom stereocenters. The highest BCUT2D eigenvalue weighted by Crippen LogP contribution is 2.22. The molecule has 2 heterocycles. The number of rotatable bonds is 6. The number of aromatic nitrogens is 2. The predicted molar refractivity (Wildman–Crippen MR) is 109 cm³/mol. The van der Waals surface area contributed by atoms with Crippen molar-refractivity contribution in [2.45, 2.75) is 40.3 Å². The molecule has 0 radical (unpaired) electrons. The van der Waals surface area contributed by atoms with Gasteiger partial charge in [-0.25, -0.2) is 0 Å². The van der Waals surface area contributed by atoms with E-state index in [0.717, 1.165) is 16.7 Å². The Morgan fingerprint density at radius 3 is 2.68 bits per heavy atom. The van der Waals surface area contributed by atoms with E-state index in [1.165, 1.54) is 23.0 Å². The van der Waals surface area contributed by atoms with Crippen LogP contribution in [-0.4, -0.2) is 20.6 Å². The SMILES string of the molecule is Cc1ccc(C(C)NC(=O)c2cc(Cn3nc([N+](=O)[O-])cc3C)cs2)c(C)c1. The van der Waals surface area contributed by atoms with Gasteiger partial charge in [-0.1, -0.05) is 23.8 Å². The molecule has 0 saturated carbocycles. The van der Waals surface area contributed by atoms with Gasteiger partial charge in [0.05, 0.1) is 34.3 Å². The number of thiophene rings is 1. The Morgan fingerprint density at radius 2 is 2.04 bits per heavy atom. The lowest BCUT2D eigenvalue weighted by Crippen LogP contribution is -2.26. The molecular weight excluding hydrogens is 376 g/mol. The van der Waals surface area contributed by atoms with Crippen LogP contribution in [0.25, 0.3) is 0 Å². The smallest absolute Gasteiger partial charge is 0.358 e. The number of carbonyl (C=O) groups is 1. The summed E-state index contributed by atoms with van der Waals surface area (Å²) >= 11 is 1.35. The molecule has 7 nitrogen and oxygen atoms in total.